The molecular formula is C15H21NO4. The van der Waals surface area contributed by atoms with Crippen LogP contribution in [0.5, 0.6) is 11.5 Å². The summed E-state index contributed by atoms with van der Waals surface area (Å²) in [7, 11) is 0. The molecule has 20 heavy (non-hydrogen) atoms. The Morgan fingerprint density at radius 3 is 3.10 bits per heavy atom. The number of ether oxygens (including phenoxy) is 3. The lowest BCUT2D eigenvalue weighted by Crippen LogP contribution is -2.30. The number of benzene rings is 1. The molecule has 0 saturated heterocycles. The van der Waals surface area contributed by atoms with Gasteiger partial charge in [0.15, 0.2) is 11.5 Å². The van der Waals surface area contributed by atoms with E-state index < -0.39 is 6.10 Å². The lowest BCUT2D eigenvalue weighted by atomic mass is 10.2. The smallest absolute Gasteiger partial charge is 0.231 e. The third kappa shape index (κ3) is 3.62. The summed E-state index contributed by atoms with van der Waals surface area (Å²) in [6.07, 6.45) is 2.08. The van der Waals surface area contributed by atoms with Crippen LogP contribution in [0.3, 0.4) is 0 Å². The molecule has 0 radical (unpaired) electrons. The Morgan fingerprint density at radius 2 is 2.25 bits per heavy atom. The maximum Gasteiger partial charge on any atom is 0.231 e. The molecule has 0 spiro atoms. The molecule has 1 atom stereocenters. The average molecular weight is 279 g/mol. The first-order chi connectivity index (χ1) is 9.83. The topological polar surface area (TPSA) is 60.0 Å². The first-order valence-electron chi connectivity index (χ1n) is 7.17. The van der Waals surface area contributed by atoms with Crippen molar-refractivity contribution in [1.29, 1.82) is 0 Å². The average Bonchev–Trinajstić information content (AvgIpc) is 3.14. The van der Waals surface area contributed by atoms with Crippen molar-refractivity contribution < 1.29 is 19.3 Å². The van der Waals surface area contributed by atoms with Crippen molar-refractivity contribution in [2.24, 2.45) is 5.92 Å². The minimum absolute atomic E-state index is 0.282. The van der Waals surface area contributed by atoms with Gasteiger partial charge < -0.3 is 24.6 Å². The molecule has 5 heteroatoms. The number of fused-ring (bicyclic) bond motifs is 1. The molecule has 1 unspecified atom stereocenters. The van der Waals surface area contributed by atoms with E-state index in [9.17, 15) is 5.11 Å². The third-order valence-corrected chi connectivity index (χ3v) is 3.53. The molecule has 1 aliphatic heterocycles. The zero-order chi connectivity index (χ0) is 13.8. The van der Waals surface area contributed by atoms with Crippen LogP contribution in [0.2, 0.25) is 0 Å². The fraction of sp³-hybridized carbons (Fsp3) is 0.600. The lowest BCUT2D eigenvalue weighted by Gasteiger charge is -2.13. The quantitative estimate of drug-likeness (QED) is 0.751. The summed E-state index contributed by atoms with van der Waals surface area (Å²) in [6, 6.07) is 5.84. The van der Waals surface area contributed by atoms with E-state index in [2.05, 4.69) is 5.32 Å². The van der Waals surface area contributed by atoms with Gasteiger partial charge in [0.25, 0.3) is 0 Å². The van der Waals surface area contributed by atoms with E-state index >= 15 is 0 Å². The van der Waals surface area contributed by atoms with E-state index in [0.717, 1.165) is 29.6 Å². The highest BCUT2D eigenvalue weighted by Crippen LogP contribution is 2.35. The normalized spacial score (nSPS) is 18.2. The van der Waals surface area contributed by atoms with Gasteiger partial charge in [-0.15, -0.1) is 0 Å². The summed E-state index contributed by atoms with van der Waals surface area (Å²) in [6.45, 7) is 2.62. The van der Waals surface area contributed by atoms with Gasteiger partial charge in [0.1, 0.15) is 0 Å². The number of nitrogens with one attached hydrogen (secondary N) is 1. The van der Waals surface area contributed by atoms with Crippen molar-refractivity contribution in [3.8, 4) is 11.5 Å². The Balaban J connectivity index is 1.37. The molecule has 1 aromatic carbocycles. The first-order valence-corrected chi connectivity index (χ1v) is 7.17. The van der Waals surface area contributed by atoms with Crippen molar-refractivity contribution in [2.45, 2.75) is 25.5 Å². The van der Waals surface area contributed by atoms with Crippen LogP contribution in [0.1, 0.15) is 18.4 Å². The van der Waals surface area contributed by atoms with Crippen LogP contribution in [-0.2, 0) is 11.3 Å². The predicted octanol–water partition coefficient (Wildman–Crippen LogP) is 1.29. The molecule has 0 aromatic heterocycles. The van der Waals surface area contributed by atoms with Crippen LogP contribution in [0.15, 0.2) is 18.2 Å². The SMILES string of the molecule is OC(CNCc1cccc2c1OCO2)COCC1CC1. The Kier molecular flexibility index (Phi) is 4.40. The van der Waals surface area contributed by atoms with Crippen LogP contribution in [0, 0.1) is 5.92 Å². The van der Waals surface area contributed by atoms with E-state index in [4.69, 9.17) is 14.2 Å². The summed E-state index contributed by atoms with van der Waals surface area (Å²) in [5, 5.41) is 13.0. The number of rotatable bonds is 8. The first kappa shape index (κ1) is 13.7. The van der Waals surface area contributed by atoms with E-state index in [1.165, 1.54) is 12.8 Å². The molecule has 1 fully saturated rings. The molecule has 0 amide bonds. The summed E-state index contributed by atoms with van der Waals surface area (Å²) in [4.78, 5) is 0. The maximum absolute atomic E-state index is 9.81. The van der Waals surface area contributed by atoms with Gasteiger partial charge in [-0.05, 0) is 24.8 Å². The van der Waals surface area contributed by atoms with Gasteiger partial charge in [0.05, 0.1) is 12.7 Å². The Morgan fingerprint density at radius 1 is 1.35 bits per heavy atom. The Hall–Kier alpha value is -1.30. The summed E-state index contributed by atoms with van der Waals surface area (Å²) in [5.41, 5.74) is 1.05. The number of hydrogen-bond donors (Lipinski definition) is 2. The Labute approximate surface area is 118 Å². The van der Waals surface area contributed by atoms with Crippen molar-refractivity contribution >= 4 is 0 Å². The number of hydrogen-bond acceptors (Lipinski definition) is 5. The molecule has 1 aliphatic carbocycles. The van der Waals surface area contributed by atoms with E-state index in [-0.39, 0.29) is 6.79 Å². The standard InChI is InChI=1S/C15H21NO4/c17-13(9-18-8-11-4-5-11)7-16-6-12-2-1-3-14-15(12)20-10-19-14/h1-3,11,13,16-17H,4-10H2. The molecule has 1 heterocycles. The molecule has 0 bridgehead atoms. The molecule has 2 N–H and O–H groups in total. The highest BCUT2D eigenvalue weighted by atomic mass is 16.7. The minimum atomic E-state index is -0.470. The molecule has 1 aromatic rings. The zero-order valence-corrected chi connectivity index (χ0v) is 11.5. The van der Waals surface area contributed by atoms with Crippen LogP contribution in [0.25, 0.3) is 0 Å². The monoisotopic (exact) mass is 279 g/mol. The molecular weight excluding hydrogens is 258 g/mol. The molecule has 1 saturated carbocycles. The summed E-state index contributed by atoms with van der Waals surface area (Å²) in [5.74, 6) is 2.33. The minimum Gasteiger partial charge on any atom is -0.454 e. The second-order valence-electron chi connectivity index (χ2n) is 5.42. The number of para-hydroxylation sites is 1. The largest absolute Gasteiger partial charge is 0.454 e. The van der Waals surface area contributed by atoms with E-state index in [1.807, 2.05) is 18.2 Å². The molecule has 110 valence electrons. The third-order valence-electron chi connectivity index (χ3n) is 3.53. The van der Waals surface area contributed by atoms with Gasteiger partial charge in [0.2, 0.25) is 6.79 Å². The second-order valence-corrected chi connectivity index (χ2v) is 5.42. The van der Waals surface area contributed by atoms with Crippen molar-refractivity contribution in [3.05, 3.63) is 23.8 Å². The van der Waals surface area contributed by atoms with E-state index in [1.54, 1.807) is 0 Å². The molecule has 2 aliphatic rings. The Bertz CT molecular complexity index is 447. The van der Waals surface area contributed by atoms with Crippen LogP contribution >= 0.6 is 0 Å². The van der Waals surface area contributed by atoms with Gasteiger partial charge in [-0.25, -0.2) is 0 Å². The fourth-order valence-corrected chi connectivity index (χ4v) is 2.22. The van der Waals surface area contributed by atoms with Gasteiger partial charge in [-0.1, -0.05) is 12.1 Å². The van der Waals surface area contributed by atoms with Crippen LogP contribution in [-0.4, -0.2) is 37.8 Å². The molecule has 5 nitrogen and oxygen atoms in total. The number of aliphatic hydroxyl groups excluding tert-OH is 1. The highest BCUT2D eigenvalue weighted by Gasteiger charge is 2.21. The maximum atomic E-state index is 9.81. The zero-order valence-electron chi connectivity index (χ0n) is 11.5. The number of aliphatic hydroxyl groups is 1. The van der Waals surface area contributed by atoms with Crippen molar-refractivity contribution in [3.63, 3.8) is 0 Å². The highest BCUT2D eigenvalue weighted by molar-refractivity contribution is 5.48. The van der Waals surface area contributed by atoms with Crippen molar-refractivity contribution in [2.75, 3.05) is 26.6 Å². The van der Waals surface area contributed by atoms with Gasteiger partial charge in [-0.2, -0.15) is 0 Å². The van der Waals surface area contributed by atoms with Gasteiger partial charge >= 0.3 is 0 Å². The fourth-order valence-electron chi connectivity index (χ4n) is 2.22. The lowest BCUT2D eigenvalue weighted by molar-refractivity contribution is 0.0324. The van der Waals surface area contributed by atoms with Gasteiger partial charge in [-0.3, -0.25) is 0 Å². The van der Waals surface area contributed by atoms with E-state index in [0.29, 0.717) is 19.7 Å². The summed E-state index contributed by atoms with van der Waals surface area (Å²) < 4.78 is 16.2. The van der Waals surface area contributed by atoms with Gasteiger partial charge in [0, 0.05) is 25.3 Å². The summed E-state index contributed by atoms with van der Waals surface area (Å²) >= 11 is 0. The van der Waals surface area contributed by atoms with Crippen LogP contribution < -0.4 is 14.8 Å². The second kappa shape index (κ2) is 6.43. The molecule has 3 rings (SSSR count). The van der Waals surface area contributed by atoms with Crippen molar-refractivity contribution in [1.82, 2.24) is 5.32 Å². The predicted molar refractivity (Wildman–Crippen MR) is 73.8 cm³/mol. The van der Waals surface area contributed by atoms with Crippen LogP contribution in [0.4, 0.5) is 0 Å².